The number of pyridine rings is 3. The number of aliphatic hydroxyl groups excluding tert-OH is 1. The second-order valence-corrected chi connectivity index (χ2v) is 10.6. The molecule has 0 spiro atoms. The minimum absolute atomic E-state index is 0.0443. The van der Waals surface area contributed by atoms with Crippen molar-refractivity contribution < 1.29 is 36.6 Å². The third-order valence-electron chi connectivity index (χ3n) is 6.52. The summed E-state index contributed by atoms with van der Waals surface area (Å²) in [6, 6.07) is 0.194. The molecule has 4 heterocycles. The zero-order valence-corrected chi connectivity index (χ0v) is 22.3. The SMILES string of the molecule is CC(C)(C)[C@@H](NC(=O)c1cn(-c2ncc(F)cc2F)c2nc(N3CCCN(CCO)C3=O)ccc2c1=O)C(F)(F)F. The normalized spacial score (nSPS) is 15.4. The second kappa shape index (κ2) is 11.0. The molecule has 0 saturated carbocycles. The van der Waals surface area contributed by atoms with Crippen LogP contribution in [-0.4, -0.2) is 74.9 Å². The van der Waals surface area contributed by atoms with Gasteiger partial charge in [-0.3, -0.25) is 19.1 Å². The molecule has 1 aliphatic heterocycles. The van der Waals surface area contributed by atoms with E-state index in [1.54, 1.807) is 0 Å². The predicted molar refractivity (Wildman–Crippen MR) is 138 cm³/mol. The minimum atomic E-state index is -4.85. The number of β-amino-alcohol motifs (C(OH)–C–C–N with tert-alkyl or cyclic N) is 1. The van der Waals surface area contributed by atoms with E-state index in [4.69, 9.17) is 0 Å². The summed E-state index contributed by atoms with van der Waals surface area (Å²) in [7, 11) is 0. The first-order valence-corrected chi connectivity index (χ1v) is 12.6. The Bertz CT molecular complexity index is 1540. The van der Waals surface area contributed by atoms with Gasteiger partial charge in [0.1, 0.15) is 23.2 Å². The van der Waals surface area contributed by atoms with Crippen molar-refractivity contribution >= 4 is 28.8 Å². The van der Waals surface area contributed by atoms with Crippen LogP contribution in [0.4, 0.5) is 32.6 Å². The number of fused-ring (bicyclic) bond motifs is 1. The summed E-state index contributed by atoms with van der Waals surface area (Å²) in [5.41, 5.74) is -3.52. The van der Waals surface area contributed by atoms with Crippen molar-refractivity contribution in [1.29, 1.82) is 0 Å². The Hall–Kier alpha value is -4.14. The van der Waals surface area contributed by atoms with Crippen LogP contribution >= 0.6 is 0 Å². The van der Waals surface area contributed by atoms with Crippen molar-refractivity contribution in [1.82, 2.24) is 24.8 Å². The number of nitrogens with zero attached hydrogens (tertiary/aromatic N) is 5. The Morgan fingerprint density at radius 1 is 1.15 bits per heavy atom. The number of nitrogens with one attached hydrogen (secondary N) is 1. The zero-order chi connectivity index (χ0) is 30.3. The molecule has 0 bridgehead atoms. The number of carbonyl (C=O) groups excluding carboxylic acids is 2. The molecule has 3 amide bonds. The summed E-state index contributed by atoms with van der Waals surface area (Å²) in [6.45, 7) is 4.22. The number of aromatic nitrogens is 3. The van der Waals surface area contributed by atoms with E-state index in [9.17, 15) is 41.4 Å². The van der Waals surface area contributed by atoms with Gasteiger partial charge in [0.25, 0.3) is 5.91 Å². The number of aliphatic hydroxyl groups is 1. The molecule has 0 aromatic carbocycles. The third kappa shape index (κ3) is 5.99. The first-order valence-electron chi connectivity index (χ1n) is 12.6. The highest BCUT2D eigenvalue weighted by Crippen LogP contribution is 2.33. The molecule has 3 aromatic heterocycles. The van der Waals surface area contributed by atoms with Gasteiger partial charge in [-0.15, -0.1) is 0 Å². The number of hydrogen-bond donors (Lipinski definition) is 2. The molecule has 0 radical (unpaired) electrons. The van der Waals surface area contributed by atoms with Crippen LogP contribution < -0.4 is 15.6 Å². The summed E-state index contributed by atoms with van der Waals surface area (Å²) >= 11 is 0. The number of anilines is 1. The van der Waals surface area contributed by atoms with Gasteiger partial charge in [-0.2, -0.15) is 13.2 Å². The van der Waals surface area contributed by atoms with Crippen LogP contribution in [0, 0.1) is 17.0 Å². The highest BCUT2D eigenvalue weighted by Gasteiger charge is 2.48. The molecular weight excluding hydrogens is 555 g/mol. The lowest BCUT2D eigenvalue weighted by atomic mass is 9.86. The van der Waals surface area contributed by atoms with Gasteiger partial charge in [0.2, 0.25) is 5.43 Å². The fourth-order valence-electron chi connectivity index (χ4n) is 4.57. The Labute approximate surface area is 230 Å². The molecule has 2 N–H and O–H groups in total. The lowest BCUT2D eigenvalue weighted by molar-refractivity contribution is -0.174. The van der Waals surface area contributed by atoms with Crippen LogP contribution in [0.3, 0.4) is 0 Å². The van der Waals surface area contributed by atoms with Crippen molar-refractivity contribution in [2.24, 2.45) is 5.41 Å². The van der Waals surface area contributed by atoms with E-state index < -0.39 is 58.0 Å². The standard InChI is InChI=1S/C26H27F5N6O4/c1-25(2,3)23(26(29,30)31)34-22(40)16-13-37(21-17(28)11-14(27)12-32-21)20-15(19(16)39)5-6-18(33-20)36-8-4-7-35(9-10-38)24(36)41/h5-6,11-13,23,38H,4,7-10H2,1-3H3,(H,34,40)/t23-/m1/s1. The maximum Gasteiger partial charge on any atom is 0.409 e. The lowest BCUT2D eigenvalue weighted by Gasteiger charge is -2.34. The second-order valence-electron chi connectivity index (χ2n) is 10.6. The number of urea groups is 1. The van der Waals surface area contributed by atoms with Gasteiger partial charge in [0.05, 0.1) is 18.2 Å². The topological polar surface area (TPSA) is 121 Å². The summed E-state index contributed by atoms with van der Waals surface area (Å²) in [4.78, 5) is 50.1. The van der Waals surface area contributed by atoms with Crippen LogP contribution in [0.1, 0.15) is 37.6 Å². The number of hydrogen-bond acceptors (Lipinski definition) is 6. The number of rotatable bonds is 6. The highest BCUT2D eigenvalue weighted by molar-refractivity contribution is 5.98. The van der Waals surface area contributed by atoms with E-state index >= 15 is 0 Å². The molecule has 3 aromatic rings. The Morgan fingerprint density at radius 3 is 2.46 bits per heavy atom. The van der Waals surface area contributed by atoms with Crippen molar-refractivity contribution in [2.75, 3.05) is 31.1 Å². The summed E-state index contributed by atoms with van der Waals surface area (Å²) < 4.78 is 70.7. The molecule has 15 heteroatoms. The minimum Gasteiger partial charge on any atom is -0.395 e. The maximum atomic E-state index is 14.9. The highest BCUT2D eigenvalue weighted by atomic mass is 19.4. The van der Waals surface area contributed by atoms with Crippen molar-refractivity contribution in [3.8, 4) is 5.82 Å². The number of halogens is 5. The fourth-order valence-corrected chi connectivity index (χ4v) is 4.57. The van der Waals surface area contributed by atoms with Crippen LogP contribution in [0.2, 0.25) is 0 Å². The third-order valence-corrected chi connectivity index (χ3v) is 6.52. The number of amides is 3. The van der Waals surface area contributed by atoms with Gasteiger partial charge in [-0.05, 0) is 24.0 Å². The quantitative estimate of drug-likeness (QED) is 0.430. The van der Waals surface area contributed by atoms with E-state index in [2.05, 4.69) is 9.97 Å². The number of carbonyl (C=O) groups is 2. The van der Waals surface area contributed by atoms with E-state index in [1.807, 2.05) is 5.32 Å². The first-order chi connectivity index (χ1) is 19.1. The lowest BCUT2D eigenvalue weighted by Crippen LogP contribution is -2.53. The Balaban J connectivity index is 1.90. The molecule has 41 heavy (non-hydrogen) atoms. The molecule has 0 unspecified atom stereocenters. The monoisotopic (exact) mass is 582 g/mol. The average Bonchev–Trinajstić information content (AvgIpc) is 2.87. The molecule has 1 fully saturated rings. The maximum absolute atomic E-state index is 14.9. The van der Waals surface area contributed by atoms with Gasteiger partial charge in [0, 0.05) is 31.9 Å². The molecule has 1 atom stereocenters. The predicted octanol–water partition coefficient (Wildman–Crippen LogP) is 3.39. The molecule has 4 rings (SSSR count). The van der Waals surface area contributed by atoms with Crippen LogP contribution in [0.25, 0.3) is 16.9 Å². The molecule has 220 valence electrons. The molecular formula is C26H27F5N6O4. The van der Waals surface area contributed by atoms with Gasteiger partial charge >= 0.3 is 12.2 Å². The van der Waals surface area contributed by atoms with Crippen LogP contribution in [0.15, 0.2) is 35.4 Å². The van der Waals surface area contributed by atoms with E-state index in [1.165, 1.54) is 42.7 Å². The average molecular weight is 583 g/mol. The Kier molecular flexibility index (Phi) is 8.02. The van der Waals surface area contributed by atoms with Gasteiger partial charge < -0.3 is 15.3 Å². The van der Waals surface area contributed by atoms with Crippen molar-refractivity contribution in [2.45, 2.75) is 39.4 Å². The fraction of sp³-hybridized carbons (Fsp3) is 0.423. The van der Waals surface area contributed by atoms with Crippen molar-refractivity contribution in [3.05, 3.63) is 58.0 Å². The number of alkyl halides is 3. The van der Waals surface area contributed by atoms with E-state index in [0.717, 1.165) is 10.8 Å². The van der Waals surface area contributed by atoms with E-state index in [-0.39, 0.29) is 36.5 Å². The summed E-state index contributed by atoms with van der Waals surface area (Å²) in [5.74, 6) is -4.16. The van der Waals surface area contributed by atoms with Crippen LogP contribution in [-0.2, 0) is 0 Å². The molecule has 1 aliphatic rings. The smallest absolute Gasteiger partial charge is 0.395 e. The zero-order valence-electron chi connectivity index (χ0n) is 22.3. The van der Waals surface area contributed by atoms with Crippen molar-refractivity contribution in [3.63, 3.8) is 0 Å². The van der Waals surface area contributed by atoms with Gasteiger partial charge in [-0.1, -0.05) is 20.8 Å². The molecule has 0 aliphatic carbocycles. The molecule has 1 saturated heterocycles. The summed E-state index contributed by atoms with van der Waals surface area (Å²) in [5, 5.41) is 10.8. The molecule has 10 nitrogen and oxygen atoms in total. The van der Waals surface area contributed by atoms with Crippen LogP contribution in [0.5, 0.6) is 0 Å². The van der Waals surface area contributed by atoms with Gasteiger partial charge in [-0.25, -0.2) is 23.5 Å². The largest absolute Gasteiger partial charge is 0.409 e. The first kappa shape index (κ1) is 29.8. The Morgan fingerprint density at radius 2 is 1.85 bits per heavy atom. The summed E-state index contributed by atoms with van der Waals surface area (Å²) in [6.07, 6.45) is -2.87. The van der Waals surface area contributed by atoms with E-state index in [0.29, 0.717) is 25.2 Å². The van der Waals surface area contributed by atoms with Gasteiger partial charge in [0.15, 0.2) is 17.3 Å².